The van der Waals surface area contributed by atoms with Crippen LogP contribution in [0.2, 0.25) is 0 Å². The van der Waals surface area contributed by atoms with E-state index < -0.39 is 11.9 Å². The van der Waals surface area contributed by atoms with Crippen LogP contribution in [-0.2, 0) is 20.9 Å². The predicted octanol–water partition coefficient (Wildman–Crippen LogP) is 0.133. The van der Waals surface area contributed by atoms with Gasteiger partial charge in [0.15, 0.2) is 0 Å². The van der Waals surface area contributed by atoms with Crippen molar-refractivity contribution in [2.24, 2.45) is 0 Å². The van der Waals surface area contributed by atoms with Crippen molar-refractivity contribution in [3.05, 3.63) is 15.6 Å². The molecule has 1 aliphatic heterocycles. The van der Waals surface area contributed by atoms with E-state index in [0.29, 0.717) is 28.6 Å². The Morgan fingerprint density at radius 2 is 2.30 bits per heavy atom. The predicted molar refractivity (Wildman–Crippen MR) is 71.2 cm³/mol. The maximum atomic E-state index is 12.1. The van der Waals surface area contributed by atoms with Crippen molar-refractivity contribution in [3.63, 3.8) is 0 Å². The van der Waals surface area contributed by atoms with Gasteiger partial charge in [-0.3, -0.25) is 19.7 Å². The first-order chi connectivity index (χ1) is 9.51. The van der Waals surface area contributed by atoms with E-state index in [0.717, 1.165) is 0 Å². The highest BCUT2D eigenvalue weighted by molar-refractivity contribution is 7.13. The highest BCUT2D eigenvalue weighted by Gasteiger charge is 2.29. The lowest BCUT2D eigenvalue weighted by atomic mass is 10.1. The largest absolute Gasteiger partial charge is 0.378 e. The topological polar surface area (TPSA) is 97.4 Å². The summed E-state index contributed by atoms with van der Waals surface area (Å²) in [6, 6.07) is -0.674. The summed E-state index contributed by atoms with van der Waals surface area (Å²) in [7, 11) is 1.56. The summed E-state index contributed by atoms with van der Waals surface area (Å²) >= 11 is 1.24. The number of aryl methyl sites for hydroxylation is 1. The molecule has 1 aromatic rings. The number of thiazole rings is 1. The second-order valence-corrected chi connectivity index (χ2v) is 5.52. The number of hydrogen-bond acceptors (Lipinski definition) is 6. The van der Waals surface area contributed by atoms with Crippen LogP contribution in [0.25, 0.3) is 0 Å². The van der Waals surface area contributed by atoms with E-state index in [1.807, 2.05) is 0 Å². The summed E-state index contributed by atoms with van der Waals surface area (Å²) < 4.78 is 4.97. The van der Waals surface area contributed by atoms with Gasteiger partial charge in [0.25, 0.3) is 5.91 Å². The Morgan fingerprint density at radius 1 is 1.55 bits per heavy atom. The quantitative estimate of drug-likeness (QED) is 0.770. The van der Waals surface area contributed by atoms with E-state index in [1.165, 1.54) is 11.3 Å². The van der Waals surface area contributed by atoms with Gasteiger partial charge >= 0.3 is 0 Å². The molecule has 2 N–H and O–H groups in total. The van der Waals surface area contributed by atoms with Crippen LogP contribution in [0.4, 0.5) is 0 Å². The first-order valence-electron chi connectivity index (χ1n) is 6.11. The van der Waals surface area contributed by atoms with Gasteiger partial charge in [0.1, 0.15) is 15.9 Å². The molecule has 0 radical (unpaired) electrons. The summed E-state index contributed by atoms with van der Waals surface area (Å²) in [6.07, 6.45) is 0.548. The van der Waals surface area contributed by atoms with Crippen LogP contribution in [0.3, 0.4) is 0 Å². The molecule has 1 unspecified atom stereocenters. The van der Waals surface area contributed by atoms with Crippen LogP contribution in [0.15, 0.2) is 0 Å². The maximum absolute atomic E-state index is 12.1. The molecule has 1 aromatic heterocycles. The minimum atomic E-state index is -0.674. The minimum Gasteiger partial charge on any atom is -0.378 e. The van der Waals surface area contributed by atoms with Gasteiger partial charge in [-0.1, -0.05) is 0 Å². The first kappa shape index (κ1) is 14.6. The van der Waals surface area contributed by atoms with Crippen LogP contribution < -0.4 is 10.6 Å². The molecule has 8 heteroatoms. The van der Waals surface area contributed by atoms with E-state index in [4.69, 9.17) is 4.74 Å². The fourth-order valence-electron chi connectivity index (χ4n) is 1.90. The van der Waals surface area contributed by atoms with Crippen LogP contribution >= 0.6 is 11.3 Å². The van der Waals surface area contributed by atoms with Crippen LogP contribution in [0.1, 0.15) is 33.2 Å². The lowest BCUT2D eigenvalue weighted by Crippen LogP contribution is -2.52. The fourth-order valence-corrected chi connectivity index (χ4v) is 2.84. The zero-order chi connectivity index (χ0) is 14.7. The number of nitrogens with one attached hydrogen (secondary N) is 2. The Labute approximate surface area is 119 Å². The van der Waals surface area contributed by atoms with E-state index >= 15 is 0 Å². The molecular formula is C12H15N3O4S. The van der Waals surface area contributed by atoms with Gasteiger partial charge < -0.3 is 10.1 Å². The molecule has 3 amide bonds. The van der Waals surface area contributed by atoms with E-state index in [1.54, 1.807) is 14.0 Å². The molecule has 1 fully saturated rings. The third kappa shape index (κ3) is 3.20. The molecule has 1 aliphatic rings. The van der Waals surface area contributed by atoms with Gasteiger partial charge in [-0.25, -0.2) is 4.98 Å². The number of piperidine rings is 1. The van der Waals surface area contributed by atoms with Gasteiger partial charge in [0.2, 0.25) is 11.8 Å². The number of rotatable bonds is 4. The van der Waals surface area contributed by atoms with Gasteiger partial charge in [0, 0.05) is 13.5 Å². The molecule has 20 heavy (non-hydrogen) atoms. The molecule has 1 saturated heterocycles. The normalized spacial score (nSPS) is 18.8. The first-order valence-corrected chi connectivity index (χ1v) is 6.92. The van der Waals surface area contributed by atoms with Crippen LogP contribution in [0.5, 0.6) is 0 Å². The zero-order valence-electron chi connectivity index (χ0n) is 11.2. The summed E-state index contributed by atoms with van der Waals surface area (Å²) in [5, 5.41) is 5.54. The Hall–Kier alpha value is -1.80. The monoisotopic (exact) mass is 297 g/mol. The molecule has 0 saturated carbocycles. The minimum absolute atomic E-state index is 0.229. The lowest BCUT2D eigenvalue weighted by molar-refractivity contribution is -0.134. The fraction of sp³-hybridized carbons (Fsp3) is 0.500. The molecule has 2 heterocycles. The lowest BCUT2D eigenvalue weighted by Gasteiger charge is -2.21. The highest BCUT2D eigenvalue weighted by Crippen LogP contribution is 2.19. The molecule has 108 valence electrons. The molecule has 7 nitrogen and oxygen atoms in total. The molecule has 0 bridgehead atoms. The van der Waals surface area contributed by atoms with Crippen molar-refractivity contribution >= 4 is 29.1 Å². The van der Waals surface area contributed by atoms with Gasteiger partial charge in [-0.2, -0.15) is 0 Å². The third-order valence-corrected chi connectivity index (χ3v) is 3.99. The number of carbonyl (C=O) groups excluding carboxylic acids is 3. The number of imide groups is 1. The van der Waals surface area contributed by atoms with Crippen molar-refractivity contribution in [1.29, 1.82) is 0 Å². The Bertz CT molecular complexity index is 555. The number of amides is 3. The van der Waals surface area contributed by atoms with E-state index in [9.17, 15) is 14.4 Å². The van der Waals surface area contributed by atoms with E-state index in [-0.39, 0.29) is 18.2 Å². The number of carbonyl (C=O) groups is 3. The maximum Gasteiger partial charge on any atom is 0.263 e. The summed E-state index contributed by atoms with van der Waals surface area (Å²) in [5.41, 5.74) is 0.604. The SMILES string of the molecule is COCc1nc(C)c(C(=O)NC2CCC(=O)NC2=O)s1. The molecule has 0 spiro atoms. The van der Waals surface area contributed by atoms with Crippen molar-refractivity contribution < 1.29 is 19.1 Å². The van der Waals surface area contributed by atoms with E-state index in [2.05, 4.69) is 15.6 Å². The number of methoxy groups -OCH3 is 1. The van der Waals surface area contributed by atoms with Gasteiger partial charge in [-0.05, 0) is 13.3 Å². The molecule has 2 rings (SSSR count). The Morgan fingerprint density at radius 3 is 2.95 bits per heavy atom. The van der Waals surface area contributed by atoms with Crippen LogP contribution in [0, 0.1) is 6.92 Å². The second kappa shape index (κ2) is 6.10. The molecule has 0 aliphatic carbocycles. The third-order valence-electron chi connectivity index (χ3n) is 2.86. The van der Waals surface area contributed by atoms with Crippen molar-refractivity contribution in [3.8, 4) is 0 Å². The van der Waals surface area contributed by atoms with Crippen molar-refractivity contribution in [1.82, 2.24) is 15.6 Å². The second-order valence-electron chi connectivity index (χ2n) is 4.43. The average Bonchev–Trinajstić information content (AvgIpc) is 2.74. The molecular weight excluding hydrogens is 282 g/mol. The standard InChI is InChI=1S/C12H15N3O4S/c1-6-10(20-9(13-6)5-19-2)12(18)14-7-3-4-8(16)15-11(7)17/h7H,3-5H2,1-2H3,(H,14,18)(H,15,16,17). The summed E-state index contributed by atoms with van der Waals surface area (Å²) in [4.78, 5) is 39.4. The number of ether oxygens (including phenoxy) is 1. The Balaban J connectivity index is 2.04. The van der Waals surface area contributed by atoms with Gasteiger partial charge in [-0.15, -0.1) is 11.3 Å². The average molecular weight is 297 g/mol. The van der Waals surface area contributed by atoms with Crippen molar-refractivity contribution in [2.45, 2.75) is 32.4 Å². The summed E-state index contributed by atoms with van der Waals surface area (Å²) in [6.45, 7) is 2.08. The Kier molecular flexibility index (Phi) is 4.46. The number of aromatic nitrogens is 1. The van der Waals surface area contributed by atoms with Crippen molar-refractivity contribution in [2.75, 3.05) is 7.11 Å². The number of nitrogens with zero attached hydrogens (tertiary/aromatic N) is 1. The van der Waals surface area contributed by atoms with Crippen LogP contribution in [-0.4, -0.2) is 35.9 Å². The molecule has 0 aromatic carbocycles. The zero-order valence-corrected chi connectivity index (χ0v) is 12.0. The number of hydrogen-bond donors (Lipinski definition) is 2. The highest BCUT2D eigenvalue weighted by atomic mass is 32.1. The van der Waals surface area contributed by atoms with Gasteiger partial charge in [0.05, 0.1) is 12.3 Å². The summed E-state index contributed by atoms with van der Waals surface area (Å²) in [5.74, 6) is -1.12. The smallest absolute Gasteiger partial charge is 0.263 e. The molecule has 1 atom stereocenters.